The highest BCUT2D eigenvalue weighted by molar-refractivity contribution is 5.69. The number of hydrogen-bond acceptors (Lipinski definition) is 7. The summed E-state index contributed by atoms with van der Waals surface area (Å²) in [6.07, 6.45) is 4.42. The monoisotopic (exact) mass is 374 g/mol. The molecule has 2 aliphatic rings. The molecule has 8 heteroatoms. The second kappa shape index (κ2) is 7.42. The summed E-state index contributed by atoms with van der Waals surface area (Å²) in [6, 6.07) is 9.61. The van der Waals surface area contributed by atoms with Gasteiger partial charge in [-0.1, -0.05) is 6.08 Å². The number of fused-ring (bicyclic) bond motifs is 1. The summed E-state index contributed by atoms with van der Waals surface area (Å²) in [5, 5.41) is 29.6. The number of ether oxygens (including phenoxy) is 1. The largest absolute Gasteiger partial charge is 0.450 e. The fraction of sp³-hybridized carbons (Fsp3) is 0.350. The van der Waals surface area contributed by atoms with Gasteiger partial charge in [-0.2, -0.15) is 15.8 Å². The fourth-order valence-electron chi connectivity index (χ4n) is 3.99. The predicted molar refractivity (Wildman–Crippen MR) is 97.6 cm³/mol. The second-order valence-corrected chi connectivity index (χ2v) is 6.56. The molecule has 0 aromatic carbocycles. The third-order valence-corrected chi connectivity index (χ3v) is 5.26. The third-order valence-electron chi connectivity index (χ3n) is 5.26. The SMILES string of the molecule is CCOC(=O)N1CC=C2C(C#N)=C(N)C(C#N)(C#N)C(c3ccncc3)C2C1. The Morgan fingerprint density at radius 1 is 1.36 bits per heavy atom. The summed E-state index contributed by atoms with van der Waals surface area (Å²) < 4.78 is 5.10. The quantitative estimate of drug-likeness (QED) is 0.834. The van der Waals surface area contributed by atoms with Gasteiger partial charge < -0.3 is 15.4 Å². The molecule has 0 fully saturated rings. The van der Waals surface area contributed by atoms with Gasteiger partial charge in [-0.15, -0.1) is 0 Å². The van der Waals surface area contributed by atoms with Crippen molar-refractivity contribution in [2.75, 3.05) is 19.7 Å². The van der Waals surface area contributed by atoms with Crippen molar-refractivity contribution < 1.29 is 9.53 Å². The van der Waals surface area contributed by atoms with Gasteiger partial charge in [-0.05, 0) is 30.2 Å². The van der Waals surface area contributed by atoms with Gasteiger partial charge in [-0.3, -0.25) is 4.98 Å². The van der Waals surface area contributed by atoms with E-state index >= 15 is 0 Å². The third kappa shape index (κ3) is 2.74. The van der Waals surface area contributed by atoms with Crippen LogP contribution in [0.5, 0.6) is 0 Å². The van der Waals surface area contributed by atoms with E-state index in [0.29, 0.717) is 11.1 Å². The zero-order chi connectivity index (χ0) is 20.3. The molecule has 1 aliphatic carbocycles. The molecule has 2 N–H and O–H groups in total. The number of allylic oxidation sites excluding steroid dienone is 2. The first-order valence-electron chi connectivity index (χ1n) is 8.78. The van der Waals surface area contributed by atoms with E-state index in [0.717, 1.165) is 0 Å². The van der Waals surface area contributed by atoms with Crippen LogP contribution in [0.25, 0.3) is 0 Å². The van der Waals surface area contributed by atoms with E-state index in [1.165, 1.54) is 4.90 Å². The van der Waals surface area contributed by atoms with Gasteiger partial charge in [0.1, 0.15) is 6.07 Å². The summed E-state index contributed by atoms with van der Waals surface area (Å²) in [5.41, 5.74) is 5.93. The molecule has 140 valence electrons. The van der Waals surface area contributed by atoms with Gasteiger partial charge in [0.15, 0.2) is 5.41 Å². The van der Waals surface area contributed by atoms with Crippen molar-refractivity contribution in [3.8, 4) is 18.2 Å². The Kier molecular flexibility index (Phi) is 5.02. The molecular weight excluding hydrogens is 356 g/mol. The molecule has 2 heterocycles. The average molecular weight is 374 g/mol. The van der Waals surface area contributed by atoms with Crippen molar-refractivity contribution in [1.82, 2.24) is 9.88 Å². The molecule has 1 aliphatic heterocycles. The number of amides is 1. The molecule has 1 aromatic rings. The average Bonchev–Trinajstić information content (AvgIpc) is 2.73. The van der Waals surface area contributed by atoms with Crippen molar-refractivity contribution in [3.63, 3.8) is 0 Å². The Bertz CT molecular complexity index is 963. The van der Waals surface area contributed by atoms with Crippen LogP contribution >= 0.6 is 0 Å². The van der Waals surface area contributed by atoms with Crippen LogP contribution in [0.15, 0.2) is 47.4 Å². The summed E-state index contributed by atoms with van der Waals surface area (Å²) in [4.78, 5) is 17.8. The number of nitrogens with two attached hydrogens (primary N) is 1. The molecule has 1 aromatic heterocycles. The van der Waals surface area contributed by atoms with Crippen molar-refractivity contribution >= 4 is 6.09 Å². The molecule has 2 unspecified atom stereocenters. The molecule has 1 amide bonds. The first-order valence-corrected chi connectivity index (χ1v) is 8.78. The lowest BCUT2D eigenvalue weighted by molar-refractivity contribution is 0.0999. The number of nitriles is 3. The van der Waals surface area contributed by atoms with Crippen LogP contribution in [0, 0.1) is 45.3 Å². The van der Waals surface area contributed by atoms with Gasteiger partial charge in [-0.25, -0.2) is 4.79 Å². The number of carbonyl (C=O) groups is 1. The summed E-state index contributed by atoms with van der Waals surface area (Å²) in [7, 11) is 0. The molecule has 28 heavy (non-hydrogen) atoms. The van der Waals surface area contributed by atoms with E-state index in [-0.39, 0.29) is 31.0 Å². The smallest absolute Gasteiger partial charge is 0.410 e. The van der Waals surface area contributed by atoms with E-state index in [9.17, 15) is 20.6 Å². The van der Waals surface area contributed by atoms with Gasteiger partial charge >= 0.3 is 6.09 Å². The Morgan fingerprint density at radius 2 is 2.04 bits per heavy atom. The fourth-order valence-corrected chi connectivity index (χ4v) is 3.99. The van der Waals surface area contributed by atoms with E-state index in [1.54, 1.807) is 37.5 Å². The highest BCUT2D eigenvalue weighted by atomic mass is 16.6. The molecule has 0 spiro atoms. The summed E-state index contributed by atoms with van der Waals surface area (Å²) >= 11 is 0. The second-order valence-electron chi connectivity index (χ2n) is 6.56. The Labute approximate surface area is 162 Å². The van der Waals surface area contributed by atoms with E-state index < -0.39 is 23.3 Å². The van der Waals surface area contributed by atoms with Gasteiger partial charge in [0.05, 0.1) is 30.0 Å². The van der Waals surface area contributed by atoms with Crippen molar-refractivity contribution in [1.29, 1.82) is 15.8 Å². The van der Waals surface area contributed by atoms with Crippen LogP contribution in [0.2, 0.25) is 0 Å². The standard InChI is InChI=1S/C20H18N6O2/c1-2-28-19(27)26-8-5-14-15(9-21)18(24)20(11-22,12-23)17(16(14)10-26)13-3-6-25-7-4-13/h3-7,16-17H,2,8,10,24H2,1H3. The number of aromatic nitrogens is 1. The minimum Gasteiger partial charge on any atom is -0.450 e. The summed E-state index contributed by atoms with van der Waals surface area (Å²) in [6.45, 7) is 2.43. The van der Waals surface area contributed by atoms with Crippen molar-refractivity contribution in [3.05, 3.63) is 53.0 Å². The van der Waals surface area contributed by atoms with Crippen LogP contribution in [0.1, 0.15) is 18.4 Å². The van der Waals surface area contributed by atoms with E-state index in [4.69, 9.17) is 10.5 Å². The lowest BCUT2D eigenvalue weighted by Crippen LogP contribution is -2.49. The predicted octanol–water partition coefficient (Wildman–Crippen LogP) is 1.96. The highest BCUT2D eigenvalue weighted by Gasteiger charge is 2.54. The van der Waals surface area contributed by atoms with Gasteiger partial charge in [0.2, 0.25) is 0 Å². The number of carbonyl (C=O) groups excluding carboxylic acids is 1. The zero-order valence-corrected chi connectivity index (χ0v) is 15.3. The Hall–Kier alpha value is -3.83. The van der Waals surface area contributed by atoms with Crippen LogP contribution in [0.4, 0.5) is 4.79 Å². The molecular formula is C20H18N6O2. The number of nitrogens with zero attached hydrogens (tertiary/aromatic N) is 5. The van der Waals surface area contributed by atoms with Gasteiger partial charge in [0, 0.05) is 37.3 Å². The molecule has 8 nitrogen and oxygen atoms in total. The lowest BCUT2D eigenvalue weighted by Gasteiger charge is -2.45. The van der Waals surface area contributed by atoms with Crippen molar-refractivity contribution in [2.45, 2.75) is 12.8 Å². The molecule has 0 saturated heterocycles. The number of pyridine rings is 1. The molecule has 0 bridgehead atoms. The van der Waals surface area contributed by atoms with Crippen molar-refractivity contribution in [2.24, 2.45) is 17.1 Å². The maximum Gasteiger partial charge on any atom is 0.410 e. The highest BCUT2D eigenvalue weighted by Crippen LogP contribution is 2.54. The molecule has 2 atom stereocenters. The lowest BCUT2D eigenvalue weighted by atomic mass is 9.58. The number of rotatable bonds is 2. The summed E-state index contributed by atoms with van der Waals surface area (Å²) in [5.74, 6) is -1.12. The van der Waals surface area contributed by atoms with E-state index in [2.05, 4.69) is 23.2 Å². The first kappa shape index (κ1) is 18.9. The topological polar surface area (TPSA) is 140 Å². The maximum atomic E-state index is 12.3. The normalized spacial score (nSPS) is 22.8. The minimum absolute atomic E-state index is 0.0473. The molecule has 3 rings (SSSR count). The van der Waals surface area contributed by atoms with Crippen LogP contribution in [0.3, 0.4) is 0 Å². The maximum absolute atomic E-state index is 12.3. The Morgan fingerprint density at radius 3 is 2.61 bits per heavy atom. The van der Waals surface area contributed by atoms with Crippen LogP contribution in [-0.2, 0) is 4.74 Å². The van der Waals surface area contributed by atoms with E-state index in [1.807, 2.05) is 0 Å². The minimum atomic E-state index is -1.73. The van der Waals surface area contributed by atoms with Crippen LogP contribution in [-0.4, -0.2) is 35.7 Å². The molecule has 0 radical (unpaired) electrons. The zero-order valence-electron chi connectivity index (χ0n) is 15.3. The van der Waals surface area contributed by atoms with Crippen LogP contribution < -0.4 is 5.73 Å². The van der Waals surface area contributed by atoms with Gasteiger partial charge in [0.25, 0.3) is 0 Å². The number of hydrogen-bond donors (Lipinski definition) is 1. The Balaban J connectivity index is 2.22. The molecule has 0 saturated carbocycles. The first-order chi connectivity index (χ1) is 13.5.